The van der Waals surface area contributed by atoms with Gasteiger partial charge in [-0.25, -0.2) is 4.79 Å². The van der Waals surface area contributed by atoms with E-state index in [4.69, 9.17) is 14.2 Å². The monoisotopic (exact) mass is 308 g/mol. The van der Waals surface area contributed by atoms with Gasteiger partial charge in [-0.2, -0.15) is 4.99 Å². The minimum absolute atomic E-state index is 0.160. The third-order valence-corrected chi connectivity index (χ3v) is 3.35. The Hall–Kier alpha value is -3.28. The molecule has 0 unspecified atom stereocenters. The van der Waals surface area contributed by atoms with Crippen molar-refractivity contribution in [1.29, 1.82) is 0 Å². The number of ether oxygens (including phenoxy) is 3. The number of nitrogens with one attached hydrogen (secondary N) is 1. The van der Waals surface area contributed by atoms with Crippen LogP contribution >= 0.6 is 0 Å². The number of rotatable bonds is 2. The first-order valence-electron chi connectivity index (χ1n) is 7.02. The summed E-state index contributed by atoms with van der Waals surface area (Å²) in [5.74, 6) is 0.842. The van der Waals surface area contributed by atoms with Crippen molar-refractivity contribution in [2.24, 2.45) is 4.99 Å². The van der Waals surface area contributed by atoms with E-state index < -0.39 is 5.97 Å². The van der Waals surface area contributed by atoms with Gasteiger partial charge in [-0.3, -0.25) is 0 Å². The van der Waals surface area contributed by atoms with E-state index in [1.165, 1.54) is 0 Å². The van der Waals surface area contributed by atoms with Gasteiger partial charge in [-0.15, -0.1) is 0 Å². The molecule has 6 nitrogen and oxygen atoms in total. The third-order valence-electron chi connectivity index (χ3n) is 3.35. The van der Waals surface area contributed by atoms with Crippen LogP contribution in [0, 0.1) is 0 Å². The van der Waals surface area contributed by atoms with Crippen LogP contribution in [0.25, 0.3) is 6.08 Å². The van der Waals surface area contributed by atoms with Crippen molar-refractivity contribution < 1.29 is 19.0 Å². The van der Waals surface area contributed by atoms with Crippen molar-refractivity contribution in [2.45, 2.75) is 0 Å². The van der Waals surface area contributed by atoms with Gasteiger partial charge >= 0.3 is 12.0 Å². The first kappa shape index (κ1) is 13.4. The van der Waals surface area contributed by atoms with Gasteiger partial charge in [0.1, 0.15) is 0 Å². The largest absolute Gasteiger partial charge is 0.454 e. The van der Waals surface area contributed by atoms with Crippen LogP contribution in [-0.4, -0.2) is 18.8 Å². The van der Waals surface area contributed by atoms with Gasteiger partial charge in [0.05, 0.1) is 0 Å². The molecule has 0 spiro atoms. The molecule has 0 amide bonds. The quantitative estimate of drug-likeness (QED) is 0.682. The highest BCUT2D eigenvalue weighted by Gasteiger charge is 2.23. The summed E-state index contributed by atoms with van der Waals surface area (Å²) in [6, 6.07) is 14.9. The molecule has 2 aliphatic heterocycles. The Morgan fingerprint density at radius 2 is 1.87 bits per heavy atom. The van der Waals surface area contributed by atoms with Gasteiger partial charge < -0.3 is 19.5 Å². The van der Waals surface area contributed by atoms with E-state index in [9.17, 15) is 4.79 Å². The van der Waals surface area contributed by atoms with Crippen molar-refractivity contribution in [3.8, 4) is 11.5 Å². The van der Waals surface area contributed by atoms with Gasteiger partial charge in [-0.05, 0) is 35.9 Å². The SMILES string of the molecule is O=C1OC(Nc2ccccc2)=N/C1=C\c1ccc2c(c1)OCO2. The lowest BCUT2D eigenvalue weighted by Crippen LogP contribution is -2.13. The first-order valence-corrected chi connectivity index (χ1v) is 7.02. The van der Waals surface area contributed by atoms with Crippen molar-refractivity contribution in [2.75, 3.05) is 12.1 Å². The van der Waals surface area contributed by atoms with Crippen LogP contribution in [0.15, 0.2) is 59.2 Å². The average Bonchev–Trinajstić information content (AvgIpc) is 3.15. The Bertz CT molecular complexity index is 828. The smallest absolute Gasteiger partial charge is 0.364 e. The maximum absolute atomic E-state index is 11.9. The van der Waals surface area contributed by atoms with Crippen LogP contribution in [0.4, 0.5) is 5.69 Å². The third kappa shape index (κ3) is 2.74. The molecule has 0 bridgehead atoms. The zero-order valence-electron chi connectivity index (χ0n) is 12.0. The molecule has 6 heteroatoms. The molecule has 0 aromatic heterocycles. The number of hydrogen-bond acceptors (Lipinski definition) is 6. The summed E-state index contributed by atoms with van der Waals surface area (Å²) in [6.07, 6.45) is 1.64. The van der Waals surface area contributed by atoms with E-state index in [1.807, 2.05) is 36.4 Å². The number of amidine groups is 1. The number of esters is 1. The average molecular weight is 308 g/mol. The topological polar surface area (TPSA) is 69.2 Å². The highest BCUT2D eigenvalue weighted by molar-refractivity contribution is 6.10. The van der Waals surface area contributed by atoms with Crippen LogP contribution in [0.5, 0.6) is 11.5 Å². The predicted molar refractivity (Wildman–Crippen MR) is 84.1 cm³/mol. The van der Waals surface area contributed by atoms with Crippen LogP contribution in [0.1, 0.15) is 5.56 Å². The fourth-order valence-corrected chi connectivity index (χ4v) is 2.27. The lowest BCUT2D eigenvalue weighted by atomic mass is 10.1. The molecule has 114 valence electrons. The highest BCUT2D eigenvalue weighted by atomic mass is 16.7. The van der Waals surface area contributed by atoms with Gasteiger partial charge in [-0.1, -0.05) is 24.3 Å². The second kappa shape index (κ2) is 5.49. The van der Waals surface area contributed by atoms with Crippen LogP contribution in [0.3, 0.4) is 0 Å². The summed E-state index contributed by atoms with van der Waals surface area (Å²) in [5.41, 5.74) is 1.80. The van der Waals surface area contributed by atoms with Gasteiger partial charge in [0.15, 0.2) is 17.2 Å². The number of nitrogens with zero attached hydrogens (tertiary/aromatic N) is 1. The summed E-state index contributed by atoms with van der Waals surface area (Å²) in [7, 11) is 0. The van der Waals surface area contributed by atoms with Gasteiger partial charge in [0.25, 0.3) is 0 Å². The molecule has 2 aromatic rings. The van der Waals surface area contributed by atoms with E-state index in [0.717, 1.165) is 11.3 Å². The number of aliphatic imine (C=N–C) groups is 1. The summed E-state index contributed by atoms with van der Waals surface area (Å²) in [5, 5.41) is 2.95. The maximum Gasteiger partial charge on any atom is 0.364 e. The number of benzene rings is 2. The molecule has 4 rings (SSSR count). The Labute approximate surface area is 132 Å². The molecular formula is C17H12N2O4. The standard InChI is InChI=1S/C17H12N2O4/c20-16-13(8-11-6-7-14-15(9-11)22-10-21-14)19-17(23-16)18-12-4-2-1-3-5-12/h1-9H,10H2,(H,18,19)/b13-8-. The van der Waals surface area contributed by atoms with Crippen molar-refractivity contribution >= 4 is 23.8 Å². The zero-order chi connectivity index (χ0) is 15.6. The molecule has 2 aromatic carbocycles. The maximum atomic E-state index is 11.9. The summed E-state index contributed by atoms with van der Waals surface area (Å²) in [4.78, 5) is 16.1. The van der Waals surface area contributed by atoms with E-state index in [-0.39, 0.29) is 18.5 Å². The van der Waals surface area contributed by atoms with Crippen LogP contribution < -0.4 is 14.8 Å². The number of anilines is 1. The van der Waals surface area contributed by atoms with E-state index in [2.05, 4.69) is 10.3 Å². The first-order chi connectivity index (χ1) is 11.3. The van der Waals surface area contributed by atoms with Gasteiger partial charge in [0, 0.05) is 5.69 Å². The number of fused-ring (bicyclic) bond motifs is 1. The fourth-order valence-electron chi connectivity index (χ4n) is 2.27. The number of carbonyl (C=O) groups excluding carboxylic acids is 1. The van der Waals surface area contributed by atoms with Gasteiger partial charge in [0.2, 0.25) is 6.79 Å². The van der Waals surface area contributed by atoms with E-state index in [0.29, 0.717) is 11.5 Å². The molecule has 2 heterocycles. The normalized spacial score (nSPS) is 17.1. The van der Waals surface area contributed by atoms with Crippen LogP contribution in [0.2, 0.25) is 0 Å². The summed E-state index contributed by atoms with van der Waals surface area (Å²) < 4.78 is 15.7. The van der Waals surface area contributed by atoms with Crippen molar-refractivity contribution in [3.05, 3.63) is 59.8 Å². The molecule has 0 saturated heterocycles. The highest BCUT2D eigenvalue weighted by Crippen LogP contribution is 2.33. The number of carbonyl (C=O) groups is 1. The lowest BCUT2D eigenvalue weighted by Gasteiger charge is -2.02. The fraction of sp³-hybridized carbons (Fsp3) is 0.0588. The van der Waals surface area contributed by atoms with Crippen LogP contribution in [-0.2, 0) is 9.53 Å². The second-order valence-corrected chi connectivity index (χ2v) is 4.94. The van der Waals surface area contributed by atoms with E-state index in [1.54, 1.807) is 18.2 Å². The molecule has 23 heavy (non-hydrogen) atoms. The molecule has 0 fully saturated rings. The predicted octanol–water partition coefficient (Wildman–Crippen LogP) is 2.78. The molecule has 2 aliphatic rings. The Morgan fingerprint density at radius 1 is 1.04 bits per heavy atom. The molecule has 1 N–H and O–H groups in total. The Morgan fingerprint density at radius 3 is 2.74 bits per heavy atom. The minimum atomic E-state index is -0.499. The zero-order valence-corrected chi connectivity index (χ0v) is 12.0. The number of cyclic esters (lactones) is 1. The minimum Gasteiger partial charge on any atom is -0.454 e. The summed E-state index contributed by atoms with van der Waals surface area (Å²) in [6.45, 7) is 0.209. The summed E-state index contributed by atoms with van der Waals surface area (Å²) >= 11 is 0. The second-order valence-electron chi connectivity index (χ2n) is 4.94. The Kier molecular flexibility index (Phi) is 3.20. The lowest BCUT2D eigenvalue weighted by molar-refractivity contribution is -0.129. The molecular weight excluding hydrogens is 296 g/mol. The number of para-hydroxylation sites is 1. The molecule has 0 aliphatic carbocycles. The van der Waals surface area contributed by atoms with E-state index >= 15 is 0 Å². The Balaban J connectivity index is 1.57. The number of hydrogen-bond donors (Lipinski definition) is 1. The molecule has 0 atom stereocenters. The molecule has 0 saturated carbocycles. The van der Waals surface area contributed by atoms with Crippen molar-refractivity contribution in [3.63, 3.8) is 0 Å². The molecule has 0 radical (unpaired) electrons. The van der Waals surface area contributed by atoms with Crippen molar-refractivity contribution in [1.82, 2.24) is 0 Å².